The van der Waals surface area contributed by atoms with Gasteiger partial charge >= 0.3 is 0 Å². The van der Waals surface area contributed by atoms with E-state index < -0.39 is 0 Å². The summed E-state index contributed by atoms with van der Waals surface area (Å²) in [6, 6.07) is 18.0. The molecule has 0 heterocycles. The SMILES string of the molecule is CO.O=CCCc1ccc(OCc2ccccc2)cc1. The van der Waals surface area contributed by atoms with E-state index in [1.54, 1.807) is 0 Å². The molecule has 2 aromatic rings. The summed E-state index contributed by atoms with van der Waals surface area (Å²) in [6.45, 7) is 0.578. The van der Waals surface area contributed by atoms with Gasteiger partial charge in [-0.1, -0.05) is 42.5 Å². The van der Waals surface area contributed by atoms with E-state index in [1.807, 2.05) is 54.6 Å². The van der Waals surface area contributed by atoms with E-state index >= 15 is 0 Å². The van der Waals surface area contributed by atoms with E-state index in [0.29, 0.717) is 13.0 Å². The third-order valence-electron chi connectivity index (χ3n) is 2.72. The molecule has 0 saturated carbocycles. The summed E-state index contributed by atoms with van der Waals surface area (Å²) in [5, 5.41) is 7.00. The quantitative estimate of drug-likeness (QED) is 0.822. The highest BCUT2D eigenvalue weighted by atomic mass is 16.5. The van der Waals surface area contributed by atoms with Crippen LogP contribution in [0.15, 0.2) is 54.6 Å². The summed E-state index contributed by atoms with van der Waals surface area (Å²) >= 11 is 0. The standard InChI is InChI=1S/C16H16O2.CH4O/c17-12-4-7-14-8-10-16(11-9-14)18-13-15-5-2-1-3-6-15;1-2/h1-3,5-6,8-12H,4,7,13H2;2H,1H3. The highest BCUT2D eigenvalue weighted by Gasteiger charge is 1.97. The lowest BCUT2D eigenvalue weighted by molar-refractivity contribution is -0.107. The maximum Gasteiger partial charge on any atom is 0.120 e. The molecule has 0 aliphatic heterocycles. The summed E-state index contributed by atoms with van der Waals surface area (Å²) in [7, 11) is 1.00. The Hall–Kier alpha value is -2.13. The second-order valence-corrected chi connectivity index (χ2v) is 4.12. The van der Waals surface area contributed by atoms with E-state index in [-0.39, 0.29) is 0 Å². The van der Waals surface area contributed by atoms with Crippen molar-refractivity contribution in [1.82, 2.24) is 0 Å². The first-order chi connectivity index (χ1) is 9.88. The average molecular weight is 272 g/mol. The van der Waals surface area contributed by atoms with Crippen LogP contribution in [0.25, 0.3) is 0 Å². The Labute approximate surface area is 119 Å². The zero-order valence-corrected chi connectivity index (χ0v) is 11.7. The van der Waals surface area contributed by atoms with Crippen LogP contribution in [0.3, 0.4) is 0 Å². The Kier molecular flexibility index (Phi) is 7.77. The predicted molar refractivity (Wildman–Crippen MR) is 79.7 cm³/mol. The molecule has 0 aliphatic rings. The van der Waals surface area contributed by atoms with Crippen LogP contribution >= 0.6 is 0 Å². The zero-order valence-electron chi connectivity index (χ0n) is 11.7. The fourth-order valence-electron chi connectivity index (χ4n) is 1.72. The van der Waals surface area contributed by atoms with E-state index in [1.165, 1.54) is 0 Å². The highest BCUT2D eigenvalue weighted by molar-refractivity contribution is 5.50. The van der Waals surface area contributed by atoms with Crippen molar-refractivity contribution >= 4 is 6.29 Å². The number of hydrogen-bond acceptors (Lipinski definition) is 3. The Morgan fingerprint density at radius 3 is 2.20 bits per heavy atom. The molecule has 0 bridgehead atoms. The van der Waals surface area contributed by atoms with Crippen LogP contribution in [-0.2, 0) is 17.8 Å². The summed E-state index contributed by atoms with van der Waals surface area (Å²) in [5.41, 5.74) is 2.32. The number of benzene rings is 2. The van der Waals surface area contributed by atoms with Crippen LogP contribution in [0.1, 0.15) is 17.5 Å². The van der Waals surface area contributed by atoms with E-state index in [2.05, 4.69) is 0 Å². The zero-order chi connectivity index (χ0) is 14.6. The number of ether oxygens (including phenoxy) is 1. The van der Waals surface area contributed by atoms with Gasteiger partial charge < -0.3 is 14.6 Å². The summed E-state index contributed by atoms with van der Waals surface area (Å²) in [4.78, 5) is 10.3. The first-order valence-corrected chi connectivity index (χ1v) is 6.52. The number of aliphatic hydroxyl groups excluding tert-OH is 1. The third kappa shape index (κ3) is 5.67. The van der Waals surface area contributed by atoms with Gasteiger partial charge in [0.1, 0.15) is 18.6 Å². The van der Waals surface area contributed by atoms with Crippen molar-refractivity contribution in [2.45, 2.75) is 19.4 Å². The summed E-state index contributed by atoms with van der Waals surface area (Å²) < 4.78 is 5.68. The van der Waals surface area contributed by atoms with Crippen molar-refractivity contribution in [3.63, 3.8) is 0 Å². The maximum absolute atomic E-state index is 10.3. The molecule has 1 N–H and O–H groups in total. The molecular formula is C17H20O3. The van der Waals surface area contributed by atoms with Crippen LogP contribution < -0.4 is 4.74 Å². The lowest BCUT2D eigenvalue weighted by atomic mass is 10.1. The minimum Gasteiger partial charge on any atom is -0.489 e. The third-order valence-corrected chi connectivity index (χ3v) is 2.72. The van der Waals surface area contributed by atoms with Crippen molar-refractivity contribution in [2.24, 2.45) is 0 Å². The molecule has 0 unspecified atom stereocenters. The fraction of sp³-hybridized carbons (Fsp3) is 0.235. The van der Waals surface area contributed by atoms with Gasteiger partial charge in [0.2, 0.25) is 0 Å². The summed E-state index contributed by atoms with van der Waals surface area (Å²) in [5.74, 6) is 0.855. The number of aldehydes is 1. The monoisotopic (exact) mass is 272 g/mol. The van der Waals surface area contributed by atoms with E-state index in [4.69, 9.17) is 9.84 Å². The lowest BCUT2D eigenvalue weighted by Crippen LogP contribution is -1.95. The Morgan fingerprint density at radius 1 is 0.950 bits per heavy atom. The van der Waals surface area contributed by atoms with Gasteiger partial charge in [-0.15, -0.1) is 0 Å². The van der Waals surface area contributed by atoms with Crippen LogP contribution in [0.5, 0.6) is 5.75 Å². The molecule has 106 valence electrons. The van der Waals surface area contributed by atoms with Gasteiger partial charge in [-0.2, -0.15) is 0 Å². The second-order valence-electron chi connectivity index (χ2n) is 4.12. The molecule has 0 saturated heterocycles. The van der Waals surface area contributed by atoms with Crippen molar-refractivity contribution in [3.8, 4) is 5.75 Å². The Morgan fingerprint density at radius 2 is 1.60 bits per heavy atom. The number of aliphatic hydroxyl groups is 1. The first-order valence-electron chi connectivity index (χ1n) is 6.52. The molecule has 20 heavy (non-hydrogen) atoms. The molecule has 0 radical (unpaired) electrons. The molecule has 0 aliphatic carbocycles. The number of rotatable bonds is 6. The van der Waals surface area contributed by atoms with Crippen molar-refractivity contribution in [1.29, 1.82) is 0 Å². The normalized spacial score (nSPS) is 9.30. The van der Waals surface area contributed by atoms with Gasteiger partial charge in [-0.25, -0.2) is 0 Å². The summed E-state index contributed by atoms with van der Waals surface area (Å²) in [6.07, 6.45) is 2.31. The van der Waals surface area contributed by atoms with Crippen LogP contribution in [0, 0.1) is 0 Å². The van der Waals surface area contributed by atoms with E-state index in [0.717, 1.165) is 36.7 Å². The van der Waals surface area contributed by atoms with Crippen molar-refractivity contribution < 1.29 is 14.6 Å². The van der Waals surface area contributed by atoms with Crippen LogP contribution in [0.2, 0.25) is 0 Å². The largest absolute Gasteiger partial charge is 0.489 e. The van der Waals surface area contributed by atoms with Crippen LogP contribution in [-0.4, -0.2) is 18.5 Å². The van der Waals surface area contributed by atoms with Gasteiger partial charge in [-0.05, 0) is 29.7 Å². The molecular weight excluding hydrogens is 252 g/mol. The molecule has 0 aromatic heterocycles. The number of carbonyl (C=O) groups is 1. The van der Waals surface area contributed by atoms with Gasteiger partial charge in [0.25, 0.3) is 0 Å². The van der Waals surface area contributed by atoms with E-state index in [9.17, 15) is 4.79 Å². The van der Waals surface area contributed by atoms with Gasteiger partial charge in [0.05, 0.1) is 0 Å². The van der Waals surface area contributed by atoms with Crippen molar-refractivity contribution in [2.75, 3.05) is 7.11 Å². The van der Waals surface area contributed by atoms with Gasteiger partial charge in [0, 0.05) is 13.5 Å². The van der Waals surface area contributed by atoms with Crippen LogP contribution in [0.4, 0.5) is 0 Å². The predicted octanol–water partition coefficient (Wildman–Crippen LogP) is 3.01. The number of hydrogen-bond donors (Lipinski definition) is 1. The minimum atomic E-state index is 0.574. The average Bonchev–Trinajstić information content (AvgIpc) is 2.55. The molecule has 0 fully saturated rings. The first kappa shape index (κ1) is 15.9. The number of carbonyl (C=O) groups excluding carboxylic acids is 1. The molecule has 3 heteroatoms. The second kappa shape index (κ2) is 9.75. The molecule has 0 atom stereocenters. The smallest absolute Gasteiger partial charge is 0.120 e. The van der Waals surface area contributed by atoms with Gasteiger partial charge in [-0.3, -0.25) is 0 Å². The Balaban J connectivity index is 0.000000956. The molecule has 0 amide bonds. The molecule has 2 rings (SSSR count). The molecule has 0 spiro atoms. The molecule has 2 aromatic carbocycles. The fourth-order valence-corrected chi connectivity index (χ4v) is 1.72. The minimum absolute atomic E-state index is 0.574. The number of aryl methyl sites for hydroxylation is 1. The highest BCUT2D eigenvalue weighted by Crippen LogP contribution is 2.14. The maximum atomic E-state index is 10.3. The Bertz CT molecular complexity index is 477. The van der Waals surface area contributed by atoms with Crippen molar-refractivity contribution in [3.05, 3.63) is 65.7 Å². The molecule has 3 nitrogen and oxygen atoms in total. The lowest BCUT2D eigenvalue weighted by Gasteiger charge is -2.06. The topological polar surface area (TPSA) is 46.5 Å². The van der Waals surface area contributed by atoms with Gasteiger partial charge in [0.15, 0.2) is 0 Å².